The zero-order valence-electron chi connectivity index (χ0n) is 9.68. The predicted molar refractivity (Wildman–Crippen MR) is 60.8 cm³/mol. The second-order valence-corrected chi connectivity index (χ2v) is 4.38. The van der Waals surface area contributed by atoms with Gasteiger partial charge in [0.2, 0.25) is 0 Å². The number of rotatable bonds is 8. The highest BCUT2D eigenvalue weighted by atomic mass is 14.5. The number of nitrogens with two attached hydrogens (primary N) is 1. The zero-order chi connectivity index (χ0) is 10.1. The van der Waals surface area contributed by atoms with Crippen LogP contribution >= 0.6 is 0 Å². The number of unbranched alkanes of at least 4 members (excludes halogenated alkanes) is 2. The molecule has 2 unspecified atom stereocenters. The zero-order valence-corrected chi connectivity index (χ0v) is 9.68. The summed E-state index contributed by atoms with van der Waals surface area (Å²) in [5.41, 5.74) is 5.47. The Bertz CT molecular complexity index is 101. The topological polar surface area (TPSA) is 26.0 Å². The number of hydrogen-bond donors (Lipinski definition) is 1. The van der Waals surface area contributed by atoms with Gasteiger partial charge in [0.05, 0.1) is 0 Å². The summed E-state index contributed by atoms with van der Waals surface area (Å²) in [5.74, 6) is 1.79. The van der Waals surface area contributed by atoms with Crippen LogP contribution in [0.2, 0.25) is 0 Å². The summed E-state index contributed by atoms with van der Waals surface area (Å²) < 4.78 is 0. The fourth-order valence-corrected chi connectivity index (χ4v) is 1.71. The molecule has 1 nitrogen and oxygen atoms in total. The maximum atomic E-state index is 5.47. The molecule has 0 bridgehead atoms. The van der Waals surface area contributed by atoms with Gasteiger partial charge in [0.25, 0.3) is 0 Å². The van der Waals surface area contributed by atoms with E-state index in [4.69, 9.17) is 5.73 Å². The average molecular weight is 185 g/mol. The molecule has 0 rings (SSSR count). The number of hydrogen-bond acceptors (Lipinski definition) is 1. The van der Waals surface area contributed by atoms with Crippen LogP contribution in [0, 0.1) is 11.8 Å². The molecule has 0 aromatic rings. The molecule has 0 aromatic heterocycles. The minimum Gasteiger partial charge on any atom is -0.330 e. The van der Waals surface area contributed by atoms with Crippen molar-refractivity contribution in [2.75, 3.05) is 6.54 Å². The van der Waals surface area contributed by atoms with Gasteiger partial charge in [0.1, 0.15) is 0 Å². The fraction of sp³-hybridized carbons (Fsp3) is 1.00. The van der Waals surface area contributed by atoms with Crippen LogP contribution in [-0.2, 0) is 0 Å². The van der Waals surface area contributed by atoms with E-state index >= 15 is 0 Å². The largest absolute Gasteiger partial charge is 0.330 e. The molecule has 0 saturated heterocycles. The first-order chi connectivity index (χ1) is 6.22. The van der Waals surface area contributed by atoms with Gasteiger partial charge in [-0.1, -0.05) is 52.9 Å². The van der Waals surface area contributed by atoms with E-state index in [-0.39, 0.29) is 0 Å². The fourth-order valence-electron chi connectivity index (χ4n) is 1.71. The highest BCUT2D eigenvalue weighted by molar-refractivity contribution is 4.62. The molecule has 13 heavy (non-hydrogen) atoms. The molecule has 0 spiro atoms. The molecule has 0 aromatic carbocycles. The highest BCUT2D eigenvalue weighted by Crippen LogP contribution is 2.22. The van der Waals surface area contributed by atoms with Crippen LogP contribution in [0.25, 0.3) is 0 Å². The first-order valence-electron chi connectivity index (χ1n) is 5.92. The summed E-state index contributed by atoms with van der Waals surface area (Å²) in [7, 11) is 0. The van der Waals surface area contributed by atoms with E-state index in [0.29, 0.717) is 0 Å². The van der Waals surface area contributed by atoms with Crippen LogP contribution in [-0.4, -0.2) is 6.54 Å². The van der Waals surface area contributed by atoms with Gasteiger partial charge in [0.15, 0.2) is 0 Å². The maximum absolute atomic E-state index is 5.47. The molecule has 2 atom stereocenters. The predicted octanol–water partition coefficient (Wildman–Crippen LogP) is 3.58. The summed E-state index contributed by atoms with van der Waals surface area (Å²) in [5, 5.41) is 0. The average Bonchev–Trinajstić information content (AvgIpc) is 2.14. The molecule has 0 heterocycles. The minimum atomic E-state index is 0.857. The van der Waals surface area contributed by atoms with Crippen LogP contribution in [0.1, 0.15) is 59.3 Å². The van der Waals surface area contributed by atoms with E-state index in [1.807, 2.05) is 0 Å². The van der Waals surface area contributed by atoms with Crippen LogP contribution in [0.3, 0.4) is 0 Å². The summed E-state index contributed by atoms with van der Waals surface area (Å²) in [4.78, 5) is 0. The van der Waals surface area contributed by atoms with Crippen LogP contribution in [0.4, 0.5) is 0 Å². The molecule has 1 heteroatoms. The third-order valence-corrected chi connectivity index (χ3v) is 3.10. The molecule has 0 aliphatic rings. The molecular formula is C12H27N. The Hall–Kier alpha value is -0.0400. The molecule has 0 aliphatic heterocycles. The molecule has 2 N–H and O–H groups in total. The SMILES string of the molecule is CCCCC(C)C(C)CCCCN. The Labute approximate surface area is 84.1 Å². The van der Waals surface area contributed by atoms with E-state index in [0.717, 1.165) is 18.4 Å². The lowest BCUT2D eigenvalue weighted by molar-refractivity contribution is 0.327. The van der Waals surface area contributed by atoms with Crippen molar-refractivity contribution in [1.29, 1.82) is 0 Å². The van der Waals surface area contributed by atoms with E-state index < -0.39 is 0 Å². The Morgan fingerprint density at radius 2 is 1.46 bits per heavy atom. The Kier molecular flexibility index (Phi) is 8.53. The molecule has 0 amide bonds. The van der Waals surface area contributed by atoms with Gasteiger partial charge in [-0.25, -0.2) is 0 Å². The standard InChI is InChI=1S/C12H27N/c1-4-5-8-11(2)12(3)9-6-7-10-13/h11-12H,4-10,13H2,1-3H3. The van der Waals surface area contributed by atoms with Gasteiger partial charge < -0.3 is 5.73 Å². The minimum absolute atomic E-state index is 0.857. The smallest absolute Gasteiger partial charge is 0.00773 e. The second kappa shape index (κ2) is 8.55. The monoisotopic (exact) mass is 185 g/mol. The van der Waals surface area contributed by atoms with Crippen molar-refractivity contribution in [1.82, 2.24) is 0 Å². The Morgan fingerprint density at radius 1 is 0.923 bits per heavy atom. The van der Waals surface area contributed by atoms with Crippen molar-refractivity contribution >= 4 is 0 Å². The van der Waals surface area contributed by atoms with Gasteiger partial charge in [-0.05, 0) is 24.8 Å². The van der Waals surface area contributed by atoms with E-state index in [2.05, 4.69) is 20.8 Å². The first kappa shape index (κ1) is 13.0. The lowest BCUT2D eigenvalue weighted by Gasteiger charge is -2.19. The van der Waals surface area contributed by atoms with E-state index in [1.54, 1.807) is 0 Å². The van der Waals surface area contributed by atoms with Gasteiger partial charge >= 0.3 is 0 Å². The third kappa shape index (κ3) is 7.06. The van der Waals surface area contributed by atoms with Crippen molar-refractivity contribution in [2.45, 2.75) is 59.3 Å². The molecule has 80 valence electrons. The maximum Gasteiger partial charge on any atom is -0.00773 e. The first-order valence-corrected chi connectivity index (χ1v) is 5.92. The van der Waals surface area contributed by atoms with Gasteiger partial charge in [-0.3, -0.25) is 0 Å². The lowest BCUT2D eigenvalue weighted by atomic mass is 9.87. The van der Waals surface area contributed by atoms with Crippen molar-refractivity contribution in [3.8, 4) is 0 Å². The van der Waals surface area contributed by atoms with E-state index in [1.165, 1.54) is 38.5 Å². The van der Waals surface area contributed by atoms with Gasteiger partial charge in [-0.15, -0.1) is 0 Å². The molecule has 0 fully saturated rings. The Morgan fingerprint density at radius 3 is 1.92 bits per heavy atom. The third-order valence-electron chi connectivity index (χ3n) is 3.10. The summed E-state index contributed by atoms with van der Waals surface area (Å²) in [6.45, 7) is 7.90. The van der Waals surface area contributed by atoms with Crippen molar-refractivity contribution < 1.29 is 0 Å². The molecule has 0 saturated carbocycles. The summed E-state index contributed by atoms with van der Waals surface area (Å²) in [6.07, 6.45) is 8.00. The second-order valence-electron chi connectivity index (χ2n) is 4.38. The molecule has 0 aliphatic carbocycles. The van der Waals surface area contributed by atoms with Gasteiger partial charge in [0, 0.05) is 0 Å². The summed E-state index contributed by atoms with van der Waals surface area (Å²) in [6, 6.07) is 0. The molecular weight excluding hydrogens is 158 g/mol. The summed E-state index contributed by atoms with van der Waals surface area (Å²) >= 11 is 0. The quantitative estimate of drug-likeness (QED) is 0.575. The normalized spacial score (nSPS) is 15.7. The lowest BCUT2D eigenvalue weighted by Crippen LogP contribution is -2.09. The van der Waals surface area contributed by atoms with Crippen molar-refractivity contribution in [3.63, 3.8) is 0 Å². The van der Waals surface area contributed by atoms with Crippen molar-refractivity contribution in [3.05, 3.63) is 0 Å². The van der Waals surface area contributed by atoms with Crippen LogP contribution in [0.5, 0.6) is 0 Å². The highest BCUT2D eigenvalue weighted by Gasteiger charge is 2.10. The van der Waals surface area contributed by atoms with Crippen LogP contribution in [0.15, 0.2) is 0 Å². The Balaban J connectivity index is 3.38. The van der Waals surface area contributed by atoms with E-state index in [9.17, 15) is 0 Å². The molecule has 0 radical (unpaired) electrons. The van der Waals surface area contributed by atoms with Gasteiger partial charge in [-0.2, -0.15) is 0 Å². The van der Waals surface area contributed by atoms with Crippen molar-refractivity contribution in [2.24, 2.45) is 17.6 Å². The van der Waals surface area contributed by atoms with Crippen LogP contribution < -0.4 is 5.73 Å².